The maximum atomic E-state index is 6.18. The van der Waals surface area contributed by atoms with E-state index >= 15 is 0 Å². The van der Waals surface area contributed by atoms with Crippen molar-refractivity contribution in [2.24, 2.45) is 0 Å². The van der Waals surface area contributed by atoms with E-state index in [4.69, 9.17) is 15.2 Å². The normalized spacial score (nSPS) is 10.8. The van der Waals surface area contributed by atoms with Crippen LogP contribution in [0.15, 0.2) is 41.9 Å². The number of nitrogen functional groups attached to an aromatic ring is 1. The fourth-order valence-corrected chi connectivity index (χ4v) is 3.45. The molecule has 3 heterocycles. The molecule has 0 aliphatic rings. The average molecular weight is 394 g/mol. The van der Waals surface area contributed by atoms with Crippen LogP contribution in [0.5, 0.6) is 11.5 Å². The van der Waals surface area contributed by atoms with Crippen molar-refractivity contribution in [1.82, 2.24) is 19.9 Å². The van der Waals surface area contributed by atoms with Crippen LogP contribution in [-0.2, 0) is 0 Å². The van der Waals surface area contributed by atoms with E-state index in [9.17, 15) is 0 Å². The standard InChI is InChI=1S/C19H18N6O2S/c1-25(15-5-4-8-28-15)19-23-17(20)16-18(24-19)21-10-12(22-16)11-6-7-13(26-2)14(9-11)27-3/h4-10H,1-3H3,(H2,20,21,23,24). The highest BCUT2D eigenvalue weighted by atomic mass is 32.1. The summed E-state index contributed by atoms with van der Waals surface area (Å²) in [6, 6.07) is 9.49. The van der Waals surface area contributed by atoms with Crippen molar-refractivity contribution in [2.45, 2.75) is 0 Å². The number of aromatic nitrogens is 4. The highest BCUT2D eigenvalue weighted by Gasteiger charge is 2.15. The van der Waals surface area contributed by atoms with Gasteiger partial charge in [0.25, 0.3) is 0 Å². The minimum absolute atomic E-state index is 0.276. The molecule has 0 aliphatic carbocycles. The molecule has 0 fully saturated rings. The Morgan fingerprint density at radius 2 is 1.86 bits per heavy atom. The summed E-state index contributed by atoms with van der Waals surface area (Å²) < 4.78 is 10.6. The molecule has 0 radical (unpaired) electrons. The smallest absolute Gasteiger partial charge is 0.234 e. The minimum Gasteiger partial charge on any atom is -0.493 e. The van der Waals surface area contributed by atoms with Gasteiger partial charge in [-0.05, 0) is 35.7 Å². The second-order valence-electron chi connectivity index (χ2n) is 5.92. The Morgan fingerprint density at radius 1 is 1.04 bits per heavy atom. The highest BCUT2D eigenvalue weighted by Crippen LogP contribution is 2.32. The van der Waals surface area contributed by atoms with Crippen molar-refractivity contribution >= 4 is 39.3 Å². The van der Waals surface area contributed by atoms with E-state index in [0.29, 0.717) is 34.3 Å². The Kier molecular flexibility index (Phi) is 4.66. The molecule has 4 aromatic rings. The number of anilines is 3. The Bertz CT molecular complexity index is 1130. The number of fused-ring (bicyclic) bond motifs is 1. The molecule has 0 saturated carbocycles. The predicted molar refractivity (Wildman–Crippen MR) is 110 cm³/mol. The van der Waals surface area contributed by atoms with Crippen LogP contribution in [-0.4, -0.2) is 41.2 Å². The molecule has 0 unspecified atom stereocenters. The lowest BCUT2D eigenvalue weighted by Gasteiger charge is -2.15. The Morgan fingerprint density at radius 3 is 2.57 bits per heavy atom. The van der Waals surface area contributed by atoms with E-state index in [1.54, 1.807) is 31.8 Å². The molecule has 1 aromatic carbocycles. The Balaban J connectivity index is 1.76. The third-order valence-electron chi connectivity index (χ3n) is 4.24. The van der Waals surface area contributed by atoms with Gasteiger partial charge in [-0.1, -0.05) is 0 Å². The third kappa shape index (κ3) is 3.16. The van der Waals surface area contributed by atoms with Gasteiger partial charge in [0.05, 0.1) is 31.1 Å². The zero-order valence-electron chi connectivity index (χ0n) is 15.6. The summed E-state index contributed by atoms with van der Waals surface area (Å²) in [7, 11) is 5.07. The van der Waals surface area contributed by atoms with E-state index in [2.05, 4.69) is 19.9 Å². The van der Waals surface area contributed by atoms with Crippen molar-refractivity contribution in [1.29, 1.82) is 0 Å². The monoisotopic (exact) mass is 394 g/mol. The van der Waals surface area contributed by atoms with Crippen LogP contribution in [0.2, 0.25) is 0 Å². The zero-order chi connectivity index (χ0) is 19.7. The van der Waals surface area contributed by atoms with Crippen molar-refractivity contribution in [3.63, 3.8) is 0 Å². The molecule has 8 nitrogen and oxygen atoms in total. The van der Waals surface area contributed by atoms with Gasteiger partial charge in [0.15, 0.2) is 28.5 Å². The number of nitrogens with zero attached hydrogens (tertiary/aromatic N) is 5. The third-order valence-corrected chi connectivity index (χ3v) is 5.18. The molecule has 0 bridgehead atoms. The first kappa shape index (κ1) is 17.9. The van der Waals surface area contributed by atoms with E-state index in [1.165, 1.54) is 0 Å². The second-order valence-corrected chi connectivity index (χ2v) is 6.84. The van der Waals surface area contributed by atoms with E-state index < -0.39 is 0 Å². The molecule has 28 heavy (non-hydrogen) atoms. The molecule has 3 aromatic heterocycles. The fraction of sp³-hybridized carbons (Fsp3) is 0.158. The lowest BCUT2D eigenvalue weighted by Crippen LogP contribution is -2.13. The molecule has 142 valence electrons. The van der Waals surface area contributed by atoms with E-state index in [-0.39, 0.29) is 5.82 Å². The molecule has 0 spiro atoms. The van der Waals surface area contributed by atoms with Crippen LogP contribution in [0.3, 0.4) is 0 Å². The predicted octanol–water partition coefficient (Wildman–Crippen LogP) is 3.52. The summed E-state index contributed by atoms with van der Waals surface area (Å²) in [5, 5.41) is 3.00. The van der Waals surface area contributed by atoms with Gasteiger partial charge in [0.2, 0.25) is 5.95 Å². The lowest BCUT2D eigenvalue weighted by molar-refractivity contribution is 0.355. The fourth-order valence-electron chi connectivity index (χ4n) is 2.76. The summed E-state index contributed by atoms with van der Waals surface area (Å²) in [5.74, 6) is 2.00. The Hall–Kier alpha value is -3.46. The number of nitrogens with two attached hydrogens (primary N) is 1. The molecular weight excluding hydrogens is 376 g/mol. The number of thiophene rings is 1. The number of methoxy groups -OCH3 is 2. The molecular formula is C19H18N6O2S. The summed E-state index contributed by atoms with van der Waals surface area (Å²) in [6.45, 7) is 0. The number of rotatable bonds is 5. The van der Waals surface area contributed by atoms with Crippen molar-refractivity contribution < 1.29 is 9.47 Å². The van der Waals surface area contributed by atoms with Gasteiger partial charge in [0, 0.05) is 12.6 Å². The highest BCUT2D eigenvalue weighted by molar-refractivity contribution is 7.14. The average Bonchev–Trinajstić information content (AvgIpc) is 3.27. The van der Waals surface area contributed by atoms with E-state index in [1.807, 2.05) is 47.7 Å². The number of ether oxygens (including phenoxy) is 2. The van der Waals surface area contributed by atoms with Crippen LogP contribution in [0, 0.1) is 0 Å². The second kappa shape index (κ2) is 7.28. The van der Waals surface area contributed by atoms with Crippen LogP contribution in [0.1, 0.15) is 0 Å². The summed E-state index contributed by atoms with van der Waals surface area (Å²) in [4.78, 5) is 19.8. The first-order valence-electron chi connectivity index (χ1n) is 8.40. The molecule has 0 saturated heterocycles. The van der Waals surface area contributed by atoms with Gasteiger partial charge in [0.1, 0.15) is 0 Å². The summed E-state index contributed by atoms with van der Waals surface area (Å²) in [6.07, 6.45) is 1.66. The van der Waals surface area contributed by atoms with Crippen LogP contribution >= 0.6 is 11.3 Å². The zero-order valence-corrected chi connectivity index (χ0v) is 16.4. The largest absolute Gasteiger partial charge is 0.493 e. The van der Waals surface area contributed by atoms with Gasteiger partial charge >= 0.3 is 0 Å². The maximum absolute atomic E-state index is 6.18. The van der Waals surface area contributed by atoms with Crippen molar-refractivity contribution in [3.05, 3.63) is 41.9 Å². The molecule has 0 amide bonds. The number of benzene rings is 1. The summed E-state index contributed by atoms with van der Waals surface area (Å²) in [5.41, 5.74) is 8.54. The van der Waals surface area contributed by atoms with Gasteiger partial charge in [-0.25, -0.2) is 9.97 Å². The van der Waals surface area contributed by atoms with Crippen LogP contribution in [0.4, 0.5) is 16.8 Å². The number of hydrogen-bond donors (Lipinski definition) is 1. The molecule has 4 rings (SSSR count). The van der Waals surface area contributed by atoms with Gasteiger partial charge in [-0.2, -0.15) is 9.97 Å². The van der Waals surface area contributed by atoms with Gasteiger partial charge < -0.3 is 20.1 Å². The van der Waals surface area contributed by atoms with Crippen LogP contribution in [0.25, 0.3) is 22.4 Å². The SMILES string of the molecule is COc1ccc(-c2cnc3nc(N(C)c4cccs4)nc(N)c3n2)cc1OC. The number of hydrogen-bond acceptors (Lipinski definition) is 9. The van der Waals surface area contributed by atoms with Crippen molar-refractivity contribution in [2.75, 3.05) is 31.9 Å². The topological polar surface area (TPSA) is 99.3 Å². The first-order chi connectivity index (χ1) is 13.6. The van der Waals surface area contributed by atoms with Gasteiger partial charge in [-0.15, -0.1) is 11.3 Å². The van der Waals surface area contributed by atoms with Gasteiger partial charge in [-0.3, -0.25) is 0 Å². The molecule has 2 N–H and O–H groups in total. The minimum atomic E-state index is 0.276. The van der Waals surface area contributed by atoms with Crippen LogP contribution < -0.4 is 20.1 Å². The first-order valence-corrected chi connectivity index (χ1v) is 9.28. The molecule has 0 aliphatic heterocycles. The lowest BCUT2D eigenvalue weighted by atomic mass is 10.1. The summed E-state index contributed by atoms with van der Waals surface area (Å²) >= 11 is 1.59. The Labute approximate surface area is 165 Å². The molecule has 0 atom stereocenters. The maximum Gasteiger partial charge on any atom is 0.234 e. The molecule has 9 heteroatoms. The van der Waals surface area contributed by atoms with E-state index in [0.717, 1.165) is 10.6 Å². The van der Waals surface area contributed by atoms with Crippen molar-refractivity contribution in [3.8, 4) is 22.8 Å². The quantitative estimate of drug-likeness (QED) is 0.549.